The first-order valence-corrected chi connectivity index (χ1v) is 7.65. The van der Waals surface area contributed by atoms with Crippen molar-refractivity contribution in [3.8, 4) is 11.5 Å². The average Bonchev–Trinajstić information content (AvgIpc) is 2.68. The Morgan fingerprint density at radius 1 is 1.21 bits per heavy atom. The number of aliphatic hydroxyl groups excluding tert-OH is 1. The summed E-state index contributed by atoms with van der Waals surface area (Å²) in [7, 11) is 0. The molecule has 1 N–H and O–H groups in total. The molecule has 8 heteroatoms. The fraction of sp³-hybridized carbons (Fsp3) is 0.250. The largest absolute Gasteiger partial charge is 0.457 e. The smallest absolute Gasteiger partial charge is 0.327 e. The van der Waals surface area contributed by atoms with Gasteiger partial charge in [-0.05, 0) is 48.5 Å². The lowest BCUT2D eigenvalue weighted by Crippen LogP contribution is -2.17. The minimum absolute atomic E-state index is 0.0207. The molecule has 1 heterocycles. The van der Waals surface area contributed by atoms with Gasteiger partial charge in [-0.15, -0.1) is 0 Å². The summed E-state index contributed by atoms with van der Waals surface area (Å²) in [6.45, 7) is 1.59. The van der Waals surface area contributed by atoms with Crippen LogP contribution >= 0.6 is 11.8 Å². The van der Waals surface area contributed by atoms with Gasteiger partial charge in [0.1, 0.15) is 17.3 Å². The molecule has 0 spiro atoms. The zero-order valence-electron chi connectivity index (χ0n) is 12.2. The predicted octanol–water partition coefficient (Wildman–Crippen LogP) is 5.60. The molecule has 0 aromatic heterocycles. The zero-order valence-corrected chi connectivity index (χ0v) is 13.0. The van der Waals surface area contributed by atoms with Crippen molar-refractivity contribution < 1.29 is 31.8 Å². The minimum Gasteiger partial charge on any atom is -0.457 e. The van der Waals surface area contributed by atoms with Gasteiger partial charge in [0, 0.05) is 16.5 Å². The number of hydrogen-bond acceptors (Lipinski definition) is 3. The van der Waals surface area contributed by atoms with Gasteiger partial charge in [0.2, 0.25) is 0 Å². The van der Waals surface area contributed by atoms with Crippen LogP contribution in [0.25, 0.3) is 0 Å². The van der Waals surface area contributed by atoms with Gasteiger partial charge in [-0.2, -0.15) is 8.78 Å². The maximum atomic E-state index is 13.6. The topological polar surface area (TPSA) is 29.5 Å². The van der Waals surface area contributed by atoms with Gasteiger partial charge < -0.3 is 9.84 Å². The van der Waals surface area contributed by atoms with Gasteiger partial charge in [-0.25, -0.2) is 13.2 Å². The van der Waals surface area contributed by atoms with Crippen molar-refractivity contribution in [2.24, 2.45) is 0 Å². The van der Waals surface area contributed by atoms with E-state index in [0.29, 0.717) is 5.56 Å². The Kier molecular flexibility index (Phi) is 4.21. The summed E-state index contributed by atoms with van der Waals surface area (Å²) >= 11 is 0.0207. The van der Waals surface area contributed by atoms with E-state index in [9.17, 15) is 27.1 Å². The number of aryl methyl sites for hydroxylation is 1. The van der Waals surface area contributed by atoms with E-state index >= 15 is 0 Å². The van der Waals surface area contributed by atoms with E-state index in [-0.39, 0.29) is 22.4 Å². The number of halogens is 5. The number of benzene rings is 2. The highest BCUT2D eigenvalue weighted by Crippen LogP contribution is 2.57. The van der Waals surface area contributed by atoms with Gasteiger partial charge in [0.05, 0.1) is 5.56 Å². The van der Waals surface area contributed by atoms with Gasteiger partial charge in [0.15, 0.2) is 6.10 Å². The second kappa shape index (κ2) is 5.93. The standard InChI is InChI=1S/C16H11F5O2S/c1-7-4-8(17)6-9(5-7)23-10-2-3-11-13(12(10)15(18)19)14(22)16(20,21)24-11/h2-6,14-15,22H,1H3. The molecule has 1 aliphatic heterocycles. The molecule has 0 saturated carbocycles. The normalized spacial score (nSPS) is 18.8. The molecule has 2 nitrogen and oxygen atoms in total. The van der Waals surface area contributed by atoms with E-state index in [1.807, 2.05) is 0 Å². The Hall–Kier alpha value is -1.80. The quantitative estimate of drug-likeness (QED) is 0.721. The Bertz CT molecular complexity index is 774. The van der Waals surface area contributed by atoms with Gasteiger partial charge in [-0.3, -0.25) is 0 Å². The third-order valence-corrected chi connectivity index (χ3v) is 4.58. The fourth-order valence-electron chi connectivity index (χ4n) is 2.54. The number of fused-ring (bicyclic) bond motifs is 1. The molecular formula is C16H11F5O2S. The van der Waals surface area contributed by atoms with Gasteiger partial charge in [-0.1, -0.05) is 0 Å². The molecule has 3 rings (SSSR count). The monoisotopic (exact) mass is 362 g/mol. The van der Waals surface area contributed by atoms with Crippen LogP contribution in [0.2, 0.25) is 0 Å². The number of rotatable bonds is 3. The van der Waals surface area contributed by atoms with Crippen LogP contribution in [-0.4, -0.2) is 10.4 Å². The number of aliphatic hydroxyl groups is 1. The van der Waals surface area contributed by atoms with Crippen LogP contribution in [0.1, 0.15) is 29.2 Å². The molecule has 0 bridgehead atoms. The molecule has 0 aliphatic carbocycles. The third kappa shape index (κ3) is 2.95. The second-order valence-electron chi connectivity index (χ2n) is 5.32. The summed E-state index contributed by atoms with van der Waals surface area (Å²) in [4.78, 5) is -0.134. The molecule has 1 unspecified atom stereocenters. The van der Waals surface area contributed by atoms with Gasteiger partial charge >= 0.3 is 5.25 Å². The molecule has 128 valence electrons. The van der Waals surface area contributed by atoms with Crippen LogP contribution in [0.5, 0.6) is 11.5 Å². The molecular weight excluding hydrogens is 351 g/mol. The highest BCUT2D eigenvalue weighted by Gasteiger charge is 2.50. The maximum absolute atomic E-state index is 13.6. The lowest BCUT2D eigenvalue weighted by Gasteiger charge is -2.17. The molecule has 0 amide bonds. The number of alkyl halides is 4. The van der Waals surface area contributed by atoms with Crippen LogP contribution in [-0.2, 0) is 0 Å². The van der Waals surface area contributed by atoms with Crippen molar-refractivity contribution >= 4 is 11.8 Å². The Morgan fingerprint density at radius 3 is 2.54 bits per heavy atom. The Morgan fingerprint density at radius 2 is 1.92 bits per heavy atom. The van der Waals surface area contributed by atoms with Crippen molar-refractivity contribution in [3.63, 3.8) is 0 Å². The third-order valence-electron chi connectivity index (χ3n) is 3.51. The number of thioether (sulfide) groups is 1. The molecule has 1 aliphatic rings. The van der Waals surface area contributed by atoms with E-state index in [2.05, 4.69) is 0 Å². The van der Waals surface area contributed by atoms with Crippen LogP contribution in [0.15, 0.2) is 35.2 Å². The van der Waals surface area contributed by atoms with Crippen molar-refractivity contribution in [1.29, 1.82) is 0 Å². The first-order valence-electron chi connectivity index (χ1n) is 6.84. The van der Waals surface area contributed by atoms with Crippen molar-refractivity contribution in [3.05, 3.63) is 52.8 Å². The van der Waals surface area contributed by atoms with E-state index in [0.717, 1.165) is 12.1 Å². The highest BCUT2D eigenvalue weighted by molar-refractivity contribution is 8.00. The van der Waals surface area contributed by atoms with Crippen LogP contribution in [0, 0.1) is 12.7 Å². The lowest BCUT2D eigenvalue weighted by molar-refractivity contribution is -0.0327. The summed E-state index contributed by atoms with van der Waals surface area (Å²) in [5.41, 5.74) is -0.857. The van der Waals surface area contributed by atoms with E-state index in [4.69, 9.17) is 4.74 Å². The van der Waals surface area contributed by atoms with E-state index < -0.39 is 40.5 Å². The maximum Gasteiger partial charge on any atom is 0.327 e. The van der Waals surface area contributed by atoms with Crippen LogP contribution in [0.4, 0.5) is 22.0 Å². The molecule has 0 fully saturated rings. The van der Waals surface area contributed by atoms with Crippen molar-refractivity contribution in [2.45, 2.75) is 29.6 Å². The zero-order chi connectivity index (χ0) is 17.6. The molecule has 0 radical (unpaired) electrons. The van der Waals surface area contributed by atoms with Gasteiger partial charge in [0.25, 0.3) is 6.43 Å². The summed E-state index contributed by atoms with van der Waals surface area (Å²) < 4.78 is 72.8. The SMILES string of the molecule is Cc1cc(F)cc(Oc2ccc3c(c2C(F)F)C(O)C(F)(F)S3)c1. The van der Waals surface area contributed by atoms with E-state index in [1.54, 1.807) is 6.92 Å². The second-order valence-corrected chi connectivity index (χ2v) is 6.51. The lowest BCUT2D eigenvalue weighted by atomic mass is 10.0. The summed E-state index contributed by atoms with van der Waals surface area (Å²) in [6.07, 6.45) is -5.51. The number of hydrogen-bond donors (Lipinski definition) is 1. The first kappa shape index (κ1) is 17.0. The minimum atomic E-state index is -3.60. The molecule has 2 aromatic rings. The molecule has 1 atom stereocenters. The number of ether oxygens (including phenoxy) is 1. The summed E-state index contributed by atoms with van der Waals surface area (Å²) in [5, 5.41) is 6.10. The van der Waals surface area contributed by atoms with Crippen molar-refractivity contribution in [2.75, 3.05) is 0 Å². The van der Waals surface area contributed by atoms with Crippen molar-refractivity contribution in [1.82, 2.24) is 0 Å². The molecule has 0 saturated heterocycles. The predicted molar refractivity (Wildman–Crippen MR) is 78.4 cm³/mol. The average molecular weight is 362 g/mol. The first-order chi connectivity index (χ1) is 11.2. The summed E-state index contributed by atoms with van der Waals surface area (Å²) in [5.74, 6) is -1.06. The Labute approximate surface area is 138 Å². The fourth-order valence-corrected chi connectivity index (χ4v) is 3.53. The molecule has 2 aromatic carbocycles. The molecule has 24 heavy (non-hydrogen) atoms. The Balaban J connectivity index is 2.09. The van der Waals surface area contributed by atoms with Crippen LogP contribution < -0.4 is 4.74 Å². The van der Waals surface area contributed by atoms with Crippen LogP contribution in [0.3, 0.4) is 0 Å². The summed E-state index contributed by atoms with van der Waals surface area (Å²) in [6, 6.07) is 5.93. The van der Waals surface area contributed by atoms with E-state index in [1.165, 1.54) is 18.2 Å². The highest BCUT2D eigenvalue weighted by atomic mass is 32.2.